The van der Waals surface area contributed by atoms with Crippen molar-refractivity contribution in [2.75, 3.05) is 12.4 Å². The summed E-state index contributed by atoms with van der Waals surface area (Å²) in [5, 5.41) is 3.61. The van der Waals surface area contributed by atoms with Gasteiger partial charge in [-0.25, -0.2) is 4.98 Å². The van der Waals surface area contributed by atoms with Crippen LogP contribution in [0.15, 0.2) is 6.20 Å². The molecule has 1 rings (SSSR count). The van der Waals surface area contributed by atoms with E-state index in [0.717, 1.165) is 0 Å². The topological polar surface area (TPSA) is 73.1 Å². The maximum Gasteiger partial charge on any atom is 0.318 e. The molecule has 0 bridgehead atoms. The van der Waals surface area contributed by atoms with Gasteiger partial charge in [0.05, 0.1) is 13.3 Å². The van der Waals surface area contributed by atoms with Crippen molar-refractivity contribution >= 4 is 17.4 Å². The van der Waals surface area contributed by atoms with Crippen molar-refractivity contribution in [1.29, 1.82) is 0 Å². The van der Waals surface area contributed by atoms with E-state index in [1.165, 1.54) is 13.3 Å². The number of nitrogens with zero attached hydrogens (tertiary/aromatic N) is 2. The highest BCUT2D eigenvalue weighted by molar-refractivity contribution is 6.32. The summed E-state index contributed by atoms with van der Waals surface area (Å²) in [6.07, 6.45) is 1.49. The molecule has 0 aliphatic carbocycles. The first kappa shape index (κ1) is 13.0. The number of hydrogen-bond donors (Lipinski definition) is 2. The van der Waals surface area contributed by atoms with E-state index in [1.54, 1.807) is 0 Å². The average molecular weight is 245 g/mol. The molecule has 5 nitrogen and oxygen atoms in total. The molecule has 0 saturated carbocycles. The van der Waals surface area contributed by atoms with Gasteiger partial charge in [0, 0.05) is 11.6 Å². The number of nitrogens with one attached hydrogen (secondary N) is 1. The minimum atomic E-state index is -0.316. The Bertz CT molecular complexity index is 368. The van der Waals surface area contributed by atoms with Crippen molar-refractivity contribution in [3.63, 3.8) is 0 Å². The van der Waals surface area contributed by atoms with Gasteiger partial charge in [-0.05, 0) is 20.8 Å². The number of halogens is 1. The Morgan fingerprint density at radius 3 is 2.69 bits per heavy atom. The summed E-state index contributed by atoms with van der Waals surface area (Å²) in [5.41, 5.74) is 5.54. The molecule has 16 heavy (non-hydrogen) atoms. The Morgan fingerprint density at radius 1 is 1.56 bits per heavy atom. The van der Waals surface area contributed by atoms with Gasteiger partial charge in [-0.1, -0.05) is 11.6 Å². The Hall–Kier alpha value is -1.07. The molecule has 0 spiro atoms. The molecular formula is C10H17ClN4O. The lowest BCUT2D eigenvalue weighted by atomic mass is 9.97. The molecule has 0 aliphatic rings. The van der Waals surface area contributed by atoms with Crippen LogP contribution in [0.3, 0.4) is 0 Å². The van der Waals surface area contributed by atoms with Crippen LogP contribution in [0.2, 0.25) is 5.02 Å². The molecule has 0 aliphatic heterocycles. The van der Waals surface area contributed by atoms with Gasteiger partial charge in [-0.3, -0.25) is 0 Å². The third-order valence-electron chi connectivity index (χ3n) is 2.48. The molecule has 1 heterocycles. The molecule has 0 amide bonds. The molecule has 1 aromatic heterocycles. The molecule has 0 fully saturated rings. The van der Waals surface area contributed by atoms with Gasteiger partial charge >= 0.3 is 6.01 Å². The van der Waals surface area contributed by atoms with E-state index >= 15 is 0 Å². The molecular weight excluding hydrogens is 228 g/mol. The monoisotopic (exact) mass is 244 g/mol. The predicted octanol–water partition coefficient (Wildman–Crippen LogP) is 1.68. The van der Waals surface area contributed by atoms with Gasteiger partial charge < -0.3 is 15.8 Å². The zero-order valence-corrected chi connectivity index (χ0v) is 10.7. The molecule has 1 unspecified atom stereocenters. The highest BCUT2D eigenvalue weighted by Gasteiger charge is 2.24. The van der Waals surface area contributed by atoms with Crippen LogP contribution in [-0.4, -0.2) is 28.7 Å². The fourth-order valence-electron chi connectivity index (χ4n) is 0.956. The van der Waals surface area contributed by atoms with Crippen LogP contribution in [0.1, 0.15) is 20.8 Å². The lowest BCUT2D eigenvalue weighted by molar-refractivity contribution is 0.379. The summed E-state index contributed by atoms with van der Waals surface area (Å²) in [6.45, 7) is 5.87. The number of aromatic nitrogens is 2. The zero-order chi connectivity index (χ0) is 12.3. The van der Waals surface area contributed by atoms with Crippen LogP contribution >= 0.6 is 11.6 Å². The molecule has 0 aromatic carbocycles. The minimum absolute atomic E-state index is 0.0514. The van der Waals surface area contributed by atoms with Crippen molar-refractivity contribution in [2.24, 2.45) is 5.73 Å². The number of methoxy groups -OCH3 is 1. The minimum Gasteiger partial charge on any atom is -0.467 e. The highest BCUT2D eigenvalue weighted by atomic mass is 35.5. The van der Waals surface area contributed by atoms with Gasteiger partial charge in [0.1, 0.15) is 5.02 Å². The number of rotatable bonds is 4. The number of hydrogen-bond acceptors (Lipinski definition) is 5. The Kier molecular flexibility index (Phi) is 3.93. The summed E-state index contributed by atoms with van der Waals surface area (Å²) in [5.74, 6) is 0.524. The molecule has 1 atom stereocenters. The Morgan fingerprint density at radius 2 is 2.19 bits per heavy atom. The summed E-state index contributed by atoms with van der Waals surface area (Å²) in [4.78, 5) is 8.02. The Balaban J connectivity index is 2.96. The number of nitrogens with two attached hydrogens (primary N) is 1. The highest BCUT2D eigenvalue weighted by Crippen LogP contribution is 2.24. The van der Waals surface area contributed by atoms with Gasteiger partial charge in [0.2, 0.25) is 0 Å². The smallest absolute Gasteiger partial charge is 0.318 e. The summed E-state index contributed by atoms with van der Waals surface area (Å²) < 4.78 is 4.93. The molecule has 6 heteroatoms. The van der Waals surface area contributed by atoms with E-state index < -0.39 is 0 Å². The van der Waals surface area contributed by atoms with Crippen molar-refractivity contribution in [3.05, 3.63) is 11.2 Å². The van der Waals surface area contributed by atoms with Crippen LogP contribution in [0.5, 0.6) is 6.01 Å². The second-order valence-corrected chi connectivity index (χ2v) is 4.60. The zero-order valence-electron chi connectivity index (χ0n) is 9.91. The van der Waals surface area contributed by atoms with E-state index in [0.29, 0.717) is 10.8 Å². The molecule has 0 radical (unpaired) electrons. The van der Waals surface area contributed by atoms with E-state index in [9.17, 15) is 0 Å². The van der Waals surface area contributed by atoms with E-state index in [-0.39, 0.29) is 17.6 Å². The lowest BCUT2D eigenvalue weighted by Gasteiger charge is -2.31. The van der Waals surface area contributed by atoms with Gasteiger partial charge in [-0.15, -0.1) is 0 Å². The first-order valence-electron chi connectivity index (χ1n) is 4.97. The first-order valence-corrected chi connectivity index (χ1v) is 5.35. The van der Waals surface area contributed by atoms with Crippen molar-refractivity contribution < 1.29 is 4.74 Å². The quantitative estimate of drug-likeness (QED) is 0.843. The maximum atomic E-state index is 5.98. The normalized spacial score (nSPS) is 13.4. The standard InChI is InChI=1S/C10H17ClN4O/c1-6(12)10(2,3)15-8-7(11)5-13-9(14-8)16-4/h5-6H,12H2,1-4H3,(H,13,14,15). The largest absolute Gasteiger partial charge is 0.467 e. The van der Waals surface area contributed by atoms with Crippen molar-refractivity contribution in [2.45, 2.75) is 32.4 Å². The van der Waals surface area contributed by atoms with Crippen LogP contribution in [-0.2, 0) is 0 Å². The fraction of sp³-hybridized carbons (Fsp3) is 0.600. The van der Waals surface area contributed by atoms with Crippen molar-refractivity contribution in [3.8, 4) is 6.01 Å². The van der Waals surface area contributed by atoms with E-state index in [1.807, 2.05) is 20.8 Å². The van der Waals surface area contributed by atoms with Gasteiger partial charge in [0.15, 0.2) is 5.82 Å². The molecule has 3 N–H and O–H groups in total. The lowest BCUT2D eigenvalue weighted by Crippen LogP contribution is -2.47. The van der Waals surface area contributed by atoms with E-state index in [4.69, 9.17) is 22.1 Å². The van der Waals surface area contributed by atoms with Crippen LogP contribution in [0, 0.1) is 0 Å². The van der Waals surface area contributed by atoms with Crippen LogP contribution < -0.4 is 15.8 Å². The average Bonchev–Trinajstić information content (AvgIpc) is 2.21. The number of anilines is 1. The second kappa shape index (κ2) is 4.84. The maximum absolute atomic E-state index is 5.98. The fourth-order valence-corrected chi connectivity index (χ4v) is 1.09. The first-order chi connectivity index (χ1) is 7.36. The second-order valence-electron chi connectivity index (χ2n) is 4.19. The number of ether oxygens (including phenoxy) is 1. The van der Waals surface area contributed by atoms with Gasteiger partial charge in [-0.2, -0.15) is 4.98 Å². The molecule has 90 valence electrons. The predicted molar refractivity (Wildman–Crippen MR) is 64.9 cm³/mol. The van der Waals surface area contributed by atoms with Crippen LogP contribution in [0.4, 0.5) is 5.82 Å². The summed E-state index contributed by atoms with van der Waals surface area (Å²) in [7, 11) is 1.50. The molecule has 0 saturated heterocycles. The summed E-state index contributed by atoms with van der Waals surface area (Å²) >= 11 is 5.98. The third kappa shape index (κ3) is 2.96. The van der Waals surface area contributed by atoms with Gasteiger partial charge in [0.25, 0.3) is 0 Å². The SMILES string of the molecule is COc1ncc(Cl)c(NC(C)(C)C(C)N)n1. The van der Waals surface area contributed by atoms with Crippen LogP contribution in [0.25, 0.3) is 0 Å². The van der Waals surface area contributed by atoms with E-state index in [2.05, 4.69) is 15.3 Å². The third-order valence-corrected chi connectivity index (χ3v) is 2.76. The van der Waals surface area contributed by atoms with Crippen molar-refractivity contribution in [1.82, 2.24) is 9.97 Å². The molecule has 1 aromatic rings. The summed E-state index contributed by atoms with van der Waals surface area (Å²) in [6, 6.07) is 0.219. The Labute approximate surface area is 100 Å².